The Kier molecular flexibility index (Phi) is 2.59. The molecule has 0 aromatic heterocycles. The molecule has 1 fully saturated rings. The molecule has 2 aliphatic rings. The van der Waals surface area contributed by atoms with Gasteiger partial charge in [-0.05, 0) is 40.0 Å². The minimum absolute atomic E-state index is 0.189. The fourth-order valence-corrected chi connectivity index (χ4v) is 2.02. The van der Waals surface area contributed by atoms with Crippen molar-refractivity contribution in [2.75, 3.05) is 0 Å². The van der Waals surface area contributed by atoms with Gasteiger partial charge in [0.15, 0.2) is 0 Å². The maximum absolute atomic E-state index is 11.9. The molecule has 0 spiro atoms. The average Bonchev–Trinajstić information content (AvgIpc) is 2.45. The summed E-state index contributed by atoms with van der Waals surface area (Å²) >= 11 is 0. The van der Waals surface area contributed by atoms with Crippen molar-refractivity contribution in [2.24, 2.45) is 0 Å². The molecule has 0 saturated carbocycles. The van der Waals surface area contributed by atoms with E-state index in [1.807, 2.05) is 26.8 Å². The average molecular weight is 208 g/mol. The molecule has 0 aromatic rings. The predicted molar refractivity (Wildman–Crippen MR) is 57.9 cm³/mol. The second kappa shape index (κ2) is 3.63. The van der Waals surface area contributed by atoms with Gasteiger partial charge in [0.25, 0.3) is 0 Å². The Balaban J connectivity index is 2.05. The van der Waals surface area contributed by atoms with E-state index in [0.717, 1.165) is 30.9 Å². The van der Waals surface area contributed by atoms with Crippen LogP contribution in [0.2, 0.25) is 0 Å². The molecule has 3 heteroatoms. The summed E-state index contributed by atoms with van der Waals surface area (Å²) < 4.78 is 5.36. The van der Waals surface area contributed by atoms with Crippen LogP contribution < -0.4 is 5.32 Å². The van der Waals surface area contributed by atoms with E-state index >= 15 is 0 Å². The molecule has 0 aromatic carbocycles. The molecule has 1 N–H and O–H groups in total. The van der Waals surface area contributed by atoms with Crippen molar-refractivity contribution < 1.29 is 9.53 Å². The molecule has 1 saturated heterocycles. The summed E-state index contributed by atoms with van der Waals surface area (Å²) in [6.45, 7) is 5.68. The summed E-state index contributed by atoms with van der Waals surface area (Å²) in [5.41, 5.74) is 0.340. The number of ether oxygens (including phenoxy) is 1. The summed E-state index contributed by atoms with van der Waals surface area (Å²) in [4.78, 5) is 11.9. The number of rotatable bonds is 1. The lowest BCUT2D eigenvalue weighted by atomic mass is 10.0. The molecular weight excluding hydrogens is 190 g/mol. The minimum Gasteiger partial charge on any atom is -0.457 e. The molecule has 2 rings (SSSR count). The van der Waals surface area contributed by atoms with E-state index in [1.165, 1.54) is 0 Å². The summed E-state index contributed by atoms with van der Waals surface area (Å²) in [5.74, 6) is -0.189. The van der Waals surface area contributed by atoms with E-state index < -0.39 is 5.60 Å². The van der Waals surface area contributed by atoms with Crippen LogP contribution in [0, 0.1) is 6.04 Å². The van der Waals surface area contributed by atoms with Crippen LogP contribution in [0.3, 0.4) is 0 Å². The Morgan fingerprint density at radius 3 is 2.93 bits per heavy atom. The molecule has 2 bridgehead atoms. The van der Waals surface area contributed by atoms with Crippen LogP contribution >= 0.6 is 0 Å². The maximum Gasteiger partial charge on any atom is 0.336 e. The summed E-state index contributed by atoms with van der Waals surface area (Å²) in [6, 6.07) is 1.62. The van der Waals surface area contributed by atoms with Crippen molar-refractivity contribution in [3.05, 3.63) is 17.7 Å². The Labute approximate surface area is 90.9 Å². The van der Waals surface area contributed by atoms with Gasteiger partial charge < -0.3 is 10.1 Å². The first kappa shape index (κ1) is 10.7. The second-order valence-electron chi connectivity index (χ2n) is 5.21. The normalized spacial score (nSPS) is 26.3. The Bertz CT molecular complexity index is 301. The van der Waals surface area contributed by atoms with Crippen molar-refractivity contribution in [1.82, 2.24) is 5.32 Å². The highest BCUT2D eigenvalue weighted by molar-refractivity contribution is 5.92. The maximum atomic E-state index is 11.9. The third-order valence-electron chi connectivity index (χ3n) is 2.67. The SMILES string of the molecule is CC(C)(C)OC(=O)C1=CCC2CC[C]1N2. The smallest absolute Gasteiger partial charge is 0.336 e. The summed E-state index contributed by atoms with van der Waals surface area (Å²) in [7, 11) is 0. The molecule has 83 valence electrons. The fourth-order valence-electron chi connectivity index (χ4n) is 2.02. The zero-order valence-corrected chi connectivity index (χ0v) is 9.59. The van der Waals surface area contributed by atoms with Crippen molar-refractivity contribution in [2.45, 2.75) is 51.7 Å². The van der Waals surface area contributed by atoms with Crippen LogP contribution in [0.15, 0.2) is 11.6 Å². The first-order valence-electron chi connectivity index (χ1n) is 5.52. The lowest BCUT2D eigenvalue weighted by Gasteiger charge is -2.25. The third kappa shape index (κ3) is 2.40. The number of carbonyl (C=O) groups is 1. The largest absolute Gasteiger partial charge is 0.457 e. The number of hydrogen-bond donors (Lipinski definition) is 1. The van der Waals surface area contributed by atoms with Crippen LogP contribution in [0.25, 0.3) is 0 Å². The molecule has 3 nitrogen and oxygen atoms in total. The zero-order valence-electron chi connectivity index (χ0n) is 9.59. The van der Waals surface area contributed by atoms with E-state index in [-0.39, 0.29) is 5.97 Å². The second-order valence-corrected chi connectivity index (χ2v) is 5.21. The van der Waals surface area contributed by atoms with Gasteiger partial charge in [-0.25, -0.2) is 4.79 Å². The van der Waals surface area contributed by atoms with Gasteiger partial charge in [-0.2, -0.15) is 0 Å². The van der Waals surface area contributed by atoms with Gasteiger partial charge in [-0.3, -0.25) is 0 Å². The van der Waals surface area contributed by atoms with Crippen LogP contribution in [0.5, 0.6) is 0 Å². The van der Waals surface area contributed by atoms with E-state index in [9.17, 15) is 4.79 Å². The number of hydrogen-bond acceptors (Lipinski definition) is 3. The highest BCUT2D eigenvalue weighted by Crippen LogP contribution is 2.33. The molecule has 0 amide bonds. The number of nitrogens with one attached hydrogen (secondary N) is 1. The first-order chi connectivity index (χ1) is 6.96. The summed E-state index contributed by atoms with van der Waals surface area (Å²) in [5, 5.41) is 3.35. The third-order valence-corrected chi connectivity index (χ3v) is 2.67. The molecule has 1 radical (unpaired) electrons. The van der Waals surface area contributed by atoms with Gasteiger partial charge in [0.05, 0.1) is 11.6 Å². The van der Waals surface area contributed by atoms with Crippen LogP contribution in [0.4, 0.5) is 0 Å². The van der Waals surface area contributed by atoms with Gasteiger partial charge in [0.2, 0.25) is 0 Å². The molecule has 1 atom stereocenters. The van der Waals surface area contributed by atoms with E-state index in [2.05, 4.69) is 5.32 Å². The highest BCUT2D eigenvalue weighted by Gasteiger charge is 2.35. The Morgan fingerprint density at radius 1 is 1.53 bits per heavy atom. The zero-order chi connectivity index (χ0) is 11.1. The van der Waals surface area contributed by atoms with Crippen LogP contribution in [0.1, 0.15) is 40.0 Å². The fraction of sp³-hybridized carbons (Fsp3) is 0.667. The quantitative estimate of drug-likeness (QED) is 0.669. The lowest BCUT2D eigenvalue weighted by molar-refractivity contribution is -0.149. The van der Waals surface area contributed by atoms with Crippen molar-refractivity contribution in [1.29, 1.82) is 0 Å². The standard InChI is InChI=1S/C12H18NO2/c1-12(2,3)15-11(14)9-6-4-8-5-7-10(9)13-8/h6,8,13H,4-5,7H2,1-3H3. The van der Waals surface area contributed by atoms with E-state index in [4.69, 9.17) is 4.74 Å². The molecule has 2 aliphatic heterocycles. The molecule has 15 heavy (non-hydrogen) atoms. The monoisotopic (exact) mass is 208 g/mol. The predicted octanol–water partition coefficient (Wildman–Crippen LogP) is 1.94. The van der Waals surface area contributed by atoms with Gasteiger partial charge in [-0.15, -0.1) is 0 Å². The van der Waals surface area contributed by atoms with E-state index in [0.29, 0.717) is 6.04 Å². The molecule has 2 heterocycles. The van der Waals surface area contributed by atoms with Gasteiger partial charge in [-0.1, -0.05) is 6.08 Å². The lowest BCUT2D eigenvalue weighted by Crippen LogP contribution is -2.34. The number of fused-ring (bicyclic) bond motifs is 2. The number of carbonyl (C=O) groups excluding carboxylic acids is 1. The molecule has 1 unspecified atom stereocenters. The number of esters is 1. The van der Waals surface area contributed by atoms with Crippen molar-refractivity contribution >= 4 is 5.97 Å². The van der Waals surface area contributed by atoms with Crippen LogP contribution in [-0.4, -0.2) is 17.6 Å². The van der Waals surface area contributed by atoms with Crippen molar-refractivity contribution in [3.63, 3.8) is 0 Å². The van der Waals surface area contributed by atoms with Gasteiger partial charge >= 0.3 is 5.97 Å². The first-order valence-corrected chi connectivity index (χ1v) is 5.52. The molecule has 0 aliphatic carbocycles. The molecular formula is C12H18NO2. The highest BCUT2D eigenvalue weighted by atomic mass is 16.6. The van der Waals surface area contributed by atoms with Crippen molar-refractivity contribution in [3.8, 4) is 0 Å². The van der Waals surface area contributed by atoms with Gasteiger partial charge in [0, 0.05) is 6.04 Å². The Morgan fingerprint density at radius 2 is 2.27 bits per heavy atom. The minimum atomic E-state index is -0.409. The summed E-state index contributed by atoms with van der Waals surface area (Å²) in [6.07, 6.45) is 5.07. The van der Waals surface area contributed by atoms with Crippen LogP contribution in [-0.2, 0) is 9.53 Å². The van der Waals surface area contributed by atoms with E-state index in [1.54, 1.807) is 0 Å². The topological polar surface area (TPSA) is 38.3 Å². The van der Waals surface area contributed by atoms with Gasteiger partial charge in [0.1, 0.15) is 5.60 Å². The Hall–Kier alpha value is -0.830.